The summed E-state index contributed by atoms with van der Waals surface area (Å²) in [5.41, 5.74) is 0.657. The number of hydrogen-bond acceptors (Lipinski definition) is 4. The van der Waals surface area contributed by atoms with Crippen LogP contribution in [-0.2, 0) is 4.79 Å². The van der Waals surface area contributed by atoms with Gasteiger partial charge in [0.1, 0.15) is 11.5 Å². The van der Waals surface area contributed by atoms with Crippen molar-refractivity contribution < 1.29 is 14.3 Å². The first-order chi connectivity index (χ1) is 8.56. The molecule has 1 saturated heterocycles. The normalized spacial score (nSPS) is 19.2. The van der Waals surface area contributed by atoms with E-state index in [4.69, 9.17) is 21.1 Å². The molecule has 0 N–H and O–H groups in total. The monoisotopic (exact) mass is 287 g/mol. The maximum absolute atomic E-state index is 11.9. The van der Waals surface area contributed by atoms with Gasteiger partial charge in [-0.3, -0.25) is 4.79 Å². The number of carbonyl (C=O) groups excluding carboxylic acids is 1. The Bertz CT molecular complexity index is 481. The van der Waals surface area contributed by atoms with Gasteiger partial charge in [-0.1, -0.05) is 11.6 Å². The second kappa shape index (κ2) is 5.28. The number of carbonyl (C=O) groups is 1. The number of benzene rings is 1. The van der Waals surface area contributed by atoms with Crippen LogP contribution < -0.4 is 14.4 Å². The average molecular weight is 288 g/mol. The van der Waals surface area contributed by atoms with Gasteiger partial charge in [0.15, 0.2) is 0 Å². The van der Waals surface area contributed by atoms with Crippen molar-refractivity contribution >= 4 is 35.8 Å². The highest BCUT2D eigenvalue weighted by Crippen LogP contribution is 2.39. The zero-order chi connectivity index (χ0) is 13.3. The number of halogens is 1. The average Bonchev–Trinajstić information content (AvgIpc) is 2.68. The molecule has 98 valence electrons. The molecular formula is C12H14ClNO3S. The first-order valence-electron chi connectivity index (χ1n) is 5.46. The lowest BCUT2D eigenvalue weighted by Gasteiger charge is -2.20. The van der Waals surface area contributed by atoms with Gasteiger partial charge in [-0.25, -0.2) is 0 Å². The van der Waals surface area contributed by atoms with Crippen molar-refractivity contribution in [2.45, 2.75) is 11.7 Å². The van der Waals surface area contributed by atoms with Crippen LogP contribution in [0.5, 0.6) is 11.5 Å². The van der Waals surface area contributed by atoms with Crippen molar-refractivity contribution in [2.75, 3.05) is 25.7 Å². The van der Waals surface area contributed by atoms with Gasteiger partial charge < -0.3 is 14.4 Å². The van der Waals surface area contributed by atoms with E-state index in [2.05, 4.69) is 12.6 Å². The van der Waals surface area contributed by atoms with E-state index in [0.717, 1.165) is 0 Å². The fourth-order valence-electron chi connectivity index (χ4n) is 1.98. The van der Waals surface area contributed by atoms with Gasteiger partial charge in [0.05, 0.1) is 24.9 Å². The van der Waals surface area contributed by atoms with Crippen LogP contribution in [0.1, 0.15) is 6.42 Å². The summed E-state index contributed by atoms with van der Waals surface area (Å²) in [4.78, 5) is 13.5. The number of amides is 1. The molecule has 1 unspecified atom stereocenters. The smallest absolute Gasteiger partial charge is 0.228 e. The Labute approximate surface area is 116 Å². The third kappa shape index (κ3) is 2.37. The van der Waals surface area contributed by atoms with E-state index in [1.54, 1.807) is 24.1 Å². The summed E-state index contributed by atoms with van der Waals surface area (Å²) >= 11 is 10.4. The summed E-state index contributed by atoms with van der Waals surface area (Å²) in [6.07, 6.45) is 0.427. The molecule has 0 spiro atoms. The summed E-state index contributed by atoms with van der Waals surface area (Å²) in [7, 11) is 3.08. The van der Waals surface area contributed by atoms with Crippen LogP contribution in [0.3, 0.4) is 0 Å². The van der Waals surface area contributed by atoms with Crippen molar-refractivity contribution in [3.63, 3.8) is 0 Å². The van der Waals surface area contributed by atoms with Crippen LogP contribution in [0.15, 0.2) is 12.1 Å². The molecule has 2 rings (SSSR count). The third-order valence-electron chi connectivity index (χ3n) is 2.85. The van der Waals surface area contributed by atoms with Gasteiger partial charge in [-0.2, -0.15) is 12.6 Å². The third-order valence-corrected chi connectivity index (χ3v) is 3.49. The lowest BCUT2D eigenvalue weighted by Crippen LogP contribution is -2.25. The largest absolute Gasteiger partial charge is 0.495 e. The van der Waals surface area contributed by atoms with E-state index in [-0.39, 0.29) is 11.2 Å². The Morgan fingerprint density at radius 3 is 2.50 bits per heavy atom. The standard InChI is InChI=1S/C12H14ClNO3S/c1-16-10-5-11(17-2)9(4-8(10)13)14-6-7(18)3-12(14)15/h4-5,7,18H,3,6H2,1-2H3. The molecule has 1 heterocycles. The van der Waals surface area contributed by atoms with Crippen molar-refractivity contribution in [3.8, 4) is 11.5 Å². The SMILES string of the molecule is COc1cc(OC)c(N2CC(S)CC2=O)cc1Cl. The van der Waals surface area contributed by atoms with E-state index in [0.29, 0.717) is 35.2 Å². The van der Waals surface area contributed by atoms with E-state index in [9.17, 15) is 4.79 Å². The van der Waals surface area contributed by atoms with Crippen molar-refractivity contribution in [3.05, 3.63) is 17.2 Å². The van der Waals surface area contributed by atoms with Gasteiger partial charge in [-0.05, 0) is 6.07 Å². The van der Waals surface area contributed by atoms with Crippen molar-refractivity contribution in [1.29, 1.82) is 0 Å². The lowest BCUT2D eigenvalue weighted by molar-refractivity contribution is -0.117. The fourth-order valence-corrected chi connectivity index (χ4v) is 2.53. The zero-order valence-electron chi connectivity index (χ0n) is 10.1. The lowest BCUT2D eigenvalue weighted by atomic mass is 10.2. The molecule has 1 fully saturated rings. The number of rotatable bonds is 3. The van der Waals surface area contributed by atoms with Crippen LogP contribution in [0.2, 0.25) is 5.02 Å². The maximum atomic E-state index is 11.9. The van der Waals surface area contributed by atoms with E-state index in [1.807, 2.05) is 0 Å². The Hall–Kier alpha value is -1.07. The molecule has 1 amide bonds. The van der Waals surface area contributed by atoms with E-state index < -0.39 is 0 Å². The van der Waals surface area contributed by atoms with Crippen LogP contribution >= 0.6 is 24.2 Å². The molecule has 0 aliphatic carbocycles. The fraction of sp³-hybridized carbons (Fsp3) is 0.417. The van der Waals surface area contributed by atoms with Crippen LogP contribution in [0.4, 0.5) is 5.69 Å². The van der Waals surface area contributed by atoms with Gasteiger partial charge in [0.25, 0.3) is 0 Å². The summed E-state index contributed by atoms with van der Waals surface area (Å²) in [5.74, 6) is 1.10. The van der Waals surface area contributed by atoms with E-state index >= 15 is 0 Å². The molecule has 1 aromatic rings. The topological polar surface area (TPSA) is 38.8 Å². The highest BCUT2D eigenvalue weighted by molar-refractivity contribution is 7.81. The molecule has 0 bridgehead atoms. The second-order valence-corrected chi connectivity index (χ2v) is 5.16. The predicted molar refractivity (Wildman–Crippen MR) is 74.3 cm³/mol. The van der Waals surface area contributed by atoms with Crippen molar-refractivity contribution in [1.82, 2.24) is 0 Å². The number of ether oxygens (including phenoxy) is 2. The quantitative estimate of drug-likeness (QED) is 0.868. The molecule has 0 saturated carbocycles. The molecule has 0 aromatic heterocycles. The molecule has 6 heteroatoms. The number of methoxy groups -OCH3 is 2. The second-order valence-electron chi connectivity index (χ2n) is 4.02. The minimum atomic E-state index is 0.0227. The maximum Gasteiger partial charge on any atom is 0.228 e. The van der Waals surface area contributed by atoms with Crippen LogP contribution in [0.25, 0.3) is 0 Å². The number of thiol groups is 1. The summed E-state index contributed by atoms with van der Waals surface area (Å²) in [6.45, 7) is 0.557. The van der Waals surface area contributed by atoms with Crippen molar-refractivity contribution in [2.24, 2.45) is 0 Å². The number of anilines is 1. The Morgan fingerprint density at radius 2 is 2.00 bits per heavy atom. The molecule has 4 nitrogen and oxygen atoms in total. The molecule has 18 heavy (non-hydrogen) atoms. The Morgan fingerprint density at radius 1 is 1.33 bits per heavy atom. The molecule has 1 aliphatic heterocycles. The van der Waals surface area contributed by atoms with Gasteiger partial charge >= 0.3 is 0 Å². The Balaban J connectivity index is 2.44. The predicted octanol–water partition coefficient (Wildman–Crippen LogP) is 2.39. The Kier molecular flexibility index (Phi) is 3.92. The molecule has 1 atom stereocenters. The van der Waals surface area contributed by atoms with Gasteiger partial charge in [0.2, 0.25) is 5.91 Å². The van der Waals surface area contributed by atoms with Crippen LogP contribution in [-0.4, -0.2) is 31.9 Å². The number of hydrogen-bond donors (Lipinski definition) is 1. The minimum Gasteiger partial charge on any atom is -0.495 e. The number of nitrogens with zero attached hydrogens (tertiary/aromatic N) is 1. The molecule has 0 radical (unpaired) electrons. The molecule has 1 aliphatic rings. The molecular weight excluding hydrogens is 274 g/mol. The van der Waals surface area contributed by atoms with Crippen LogP contribution in [0, 0.1) is 0 Å². The zero-order valence-corrected chi connectivity index (χ0v) is 11.8. The first kappa shape index (κ1) is 13.4. The summed E-state index contributed by atoms with van der Waals surface area (Å²) in [5, 5.41) is 0.492. The summed E-state index contributed by atoms with van der Waals surface area (Å²) < 4.78 is 10.4. The first-order valence-corrected chi connectivity index (χ1v) is 6.36. The van der Waals surface area contributed by atoms with E-state index in [1.165, 1.54) is 7.11 Å². The highest BCUT2D eigenvalue weighted by atomic mass is 35.5. The summed E-state index contributed by atoms with van der Waals surface area (Å²) in [6, 6.07) is 3.36. The highest BCUT2D eigenvalue weighted by Gasteiger charge is 2.30. The molecule has 1 aromatic carbocycles. The minimum absolute atomic E-state index is 0.0227. The van der Waals surface area contributed by atoms with Gasteiger partial charge in [-0.15, -0.1) is 0 Å². The van der Waals surface area contributed by atoms with Gasteiger partial charge in [0, 0.05) is 24.3 Å².